The summed E-state index contributed by atoms with van der Waals surface area (Å²) < 4.78 is 5.53. The van der Waals surface area contributed by atoms with Crippen LogP contribution in [0, 0.1) is 0 Å². The van der Waals surface area contributed by atoms with Crippen molar-refractivity contribution in [2.45, 2.75) is 43.8 Å². The van der Waals surface area contributed by atoms with Crippen molar-refractivity contribution >= 4 is 5.96 Å². The summed E-state index contributed by atoms with van der Waals surface area (Å²) >= 11 is 0. The Kier molecular flexibility index (Phi) is 4.23. The molecule has 5 heteroatoms. The number of hydrogen-bond donors (Lipinski definition) is 3. The standard InChI is InChI=1S/C12H23N3O2/c1-13-11(14-8-10-4-2-7-17-10)15-9-12(16)5-3-6-12/h10,16H,2-9H2,1H3,(H2,13,14,15). The SMILES string of the molecule is CN=C(NCC1CCCO1)NCC1(O)CCC1. The van der Waals surface area contributed by atoms with Crippen LogP contribution in [0.25, 0.3) is 0 Å². The summed E-state index contributed by atoms with van der Waals surface area (Å²) in [6.45, 7) is 2.24. The fourth-order valence-corrected chi connectivity index (χ4v) is 2.25. The third-order valence-electron chi connectivity index (χ3n) is 3.61. The predicted octanol–water partition coefficient (Wildman–Crippen LogP) is 0.245. The van der Waals surface area contributed by atoms with Crippen LogP contribution in [0.2, 0.25) is 0 Å². The smallest absolute Gasteiger partial charge is 0.191 e. The van der Waals surface area contributed by atoms with Gasteiger partial charge in [0.05, 0.1) is 11.7 Å². The highest BCUT2D eigenvalue weighted by Crippen LogP contribution is 2.30. The van der Waals surface area contributed by atoms with Crippen LogP contribution in [-0.2, 0) is 4.74 Å². The Morgan fingerprint density at radius 1 is 1.41 bits per heavy atom. The quantitative estimate of drug-likeness (QED) is 0.487. The molecule has 1 aliphatic carbocycles. The highest BCUT2D eigenvalue weighted by Gasteiger charge is 2.34. The molecule has 1 saturated heterocycles. The Bertz CT molecular complexity index is 271. The van der Waals surface area contributed by atoms with E-state index < -0.39 is 5.60 Å². The number of aliphatic hydroxyl groups is 1. The first kappa shape index (κ1) is 12.6. The van der Waals surface area contributed by atoms with Gasteiger partial charge in [-0.05, 0) is 32.1 Å². The first-order valence-electron chi connectivity index (χ1n) is 6.50. The Morgan fingerprint density at radius 3 is 2.76 bits per heavy atom. The molecule has 2 aliphatic rings. The predicted molar refractivity (Wildman–Crippen MR) is 67.1 cm³/mol. The molecule has 1 heterocycles. The number of ether oxygens (including phenoxy) is 1. The Labute approximate surface area is 103 Å². The summed E-state index contributed by atoms with van der Waals surface area (Å²) in [4.78, 5) is 4.14. The number of aliphatic imine (C=N–C) groups is 1. The van der Waals surface area contributed by atoms with E-state index in [4.69, 9.17) is 4.74 Å². The lowest BCUT2D eigenvalue weighted by molar-refractivity contribution is -0.0279. The molecule has 3 N–H and O–H groups in total. The number of guanidine groups is 1. The second-order valence-corrected chi connectivity index (χ2v) is 5.02. The van der Waals surface area contributed by atoms with Crippen molar-refractivity contribution in [1.29, 1.82) is 0 Å². The van der Waals surface area contributed by atoms with Crippen LogP contribution in [0.5, 0.6) is 0 Å². The monoisotopic (exact) mass is 241 g/mol. The lowest BCUT2D eigenvalue weighted by Gasteiger charge is -2.37. The van der Waals surface area contributed by atoms with Gasteiger partial charge in [-0.15, -0.1) is 0 Å². The second-order valence-electron chi connectivity index (χ2n) is 5.02. The molecule has 2 fully saturated rings. The van der Waals surface area contributed by atoms with Crippen molar-refractivity contribution in [1.82, 2.24) is 10.6 Å². The number of nitrogens with one attached hydrogen (secondary N) is 2. The van der Waals surface area contributed by atoms with Crippen LogP contribution in [0.3, 0.4) is 0 Å². The van der Waals surface area contributed by atoms with Gasteiger partial charge in [-0.1, -0.05) is 0 Å². The lowest BCUT2D eigenvalue weighted by atomic mass is 9.80. The lowest BCUT2D eigenvalue weighted by Crippen LogP contribution is -2.51. The Morgan fingerprint density at radius 2 is 2.24 bits per heavy atom. The molecule has 0 bridgehead atoms. The van der Waals surface area contributed by atoms with E-state index in [0.717, 1.165) is 51.2 Å². The molecule has 1 atom stereocenters. The van der Waals surface area contributed by atoms with E-state index in [1.165, 1.54) is 0 Å². The maximum absolute atomic E-state index is 9.96. The van der Waals surface area contributed by atoms with E-state index in [2.05, 4.69) is 15.6 Å². The topological polar surface area (TPSA) is 65.9 Å². The third-order valence-corrected chi connectivity index (χ3v) is 3.61. The minimum Gasteiger partial charge on any atom is -0.388 e. The molecule has 1 saturated carbocycles. The molecule has 0 aromatic rings. The summed E-state index contributed by atoms with van der Waals surface area (Å²) in [6, 6.07) is 0. The van der Waals surface area contributed by atoms with E-state index in [0.29, 0.717) is 12.6 Å². The Balaban J connectivity index is 1.65. The highest BCUT2D eigenvalue weighted by atomic mass is 16.5. The normalized spacial score (nSPS) is 27.6. The molecular formula is C12H23N3O2. The van der Waals surface area contributed by atoms with Gasteiger partial charge in [0.25, 0.3) is 0 Å². The molecule has 0 amide bonds. The van der Waals surface area contributed by atoms with E-state index in [9.17, 15) is 5.11 Å². The van der Waals surface area contributed by atoms with Crippen LogP contribution in [-0.4, -0.2) is 49.5 Å². The minimum absolute atomic E-state index is 0.306. The maximum Gasteiger partial charge on any atom is 0.191 e. The summed E-state index contributed by atoms with van der Waals surface area (Å²) in [7, 11) is 1.75. The summed E-state index contributed by atoms with van der Waals surface area (Å²) in [5.41, 5.74) is -0.512. The van der Waals surface area contributed by atoms with Gasteiger partial charge < -0.3 is 20.5 Å². The van der Waals surface area contributed by atoms with E-state index in [1.807, 2.05) is 0 Å². The molecule has 0 radical (unpaired) electrons. The Hall–Kier alpha value is -0.810. The van der Waals surface area contributed by atoms with E-state index in [1.54, 1.807) is 7.05 Å². The average molecular weight is 241 g/mol. The molecule has 0 aromatic heterocycles. The largest absolute Gasteiger partial charge is 0.388 e. The molecule has 0 aromatic carbocycles. The second kappa shape index (κ2) is 5.69. The molecule has 0 spiro atoms. The van der Waals surface area contributed by atoms with Crippen LogP contribution in [0.1, 0.15) is 32.1 Å². The summed E-state index contributed by atoms with van der Waals surface area (Å²) in [5, 5.41) is 16.4. The molecular weight excluding hydrogens is 218 g/mol. The molecule has 1 aliphatic heterocycles. The van der Waals surface area contributed by atoms with Crippen molar-refractivity contribution in [2.24, 2.45) is 4.99 Å². The first-order valence-corrected chi connectivity index (χ1v) is 6.50. The minimum atomic E-state index is -0.512. The van der Waals surface area contributed by atoms with E-state index in [-0.39, 0.29) is 0 Å². The van der Waals surface area contributed by atoms with Gasteiger partial charge in [0, 0.05) is 26.7 Å². The van der Waals surface area contributed by atoms with Crippen molar-refractivity contribution in [3.05, 3.63) is 0 Å². The van der Waals surface area contributed by atoms with E-state index >= 15 is 0 Å². The first-order chi connectivity index (χ1) is 8.22. The van der Waals surface area contributed by atoms with Gasteiger partial charge in [-0.3, -0.25) is 4.99 Å². The van der Waals surface area contributed by atoms with Gasteiger partial charge in [-0.2, -0.15) is 0 Å². The third kappa shape index (κ3) is 3.57. The van der Waals surface area contributed by atoms with Crippen molar-refractivity contribution < 1.29 is 9.84 Å². The van der Waals surface area contributed by atoms with Crippen LogP contribution < -0.4 is 10.6 Å². The zero-order valence-corrected chi connectivity index (χ0v) is 10.5. The zero-order chi connectivity index (χ0) is 12.1. The van der Waals surface area contributed by atoms with Gasteiger partial charge in [0.15, 0.2) is 5.96 Å². The average Bonchev–Trinajstić information content (AvgIpc) is 2.80. The molecule has 1 unspecified atom stereocenters. The number of hydrogen-bond acceptors (Lipinski definition) is 3. The van der Waals surface area contributed by atoms with Crippen LogP contribution >= 0.6 is 0 Å². The maximum atomic E-state index is 9.96. The van der Waals surface area contributed by atoms with Crippen LogP contribution in [0.15, 0.2) is 4.99 Å². The summed E-state index contributed by atoms with van der Waals surface area (Å²) in [6.07, 6.45) is 5.48. The van der Waals surface area contributed by atoms with Crippen molar-refractivity contribution in [3.8, 4) is 0 Å². The van der Waals surface area contributed by atoms with Gasteiger partial charge in [-0.25, -0.2) is 0 Å². The van der Waals surface area contributed by atoms with Crippen molar-refractivity contribution in [2.75, 3.05) is 26.7 Å². The highest BCUT2D eigenvalue weighted by molar-refractivity contribution is 5.79. The van der Waals surface area contributed by atoms with Crippen LogP contribution in [0.4, 0.5) is 0 Å². The van der Waals surface area contributed by atoms with Crippen molar-refractivity contribution in [3.63, 3.8) is 0 Å². The molecule has 5 nitrogen and oxygen atoms in total. The van der Waals surface area contributed by atoms with Gasteiger partial charge in [0.1, 0.15) is 0 Å². The molecule has 17 heavy (non-hydrogen) atoms. The molecule has 2 rings (SSSR count). The molecule has 98 valence electrons. The fourth-order valence-electron chi connectivity index (χ4n) is 2.25. The number of nitrogens with zero attached hydrogens (tertiary/aromatic N) is 1. The number of rotatable bonds is 4. The van der Waals surface area contributed by atoms with Gasteiger partial charge >= 0.3 is 0 Å². The summed E-state index contributed by atoms with van der Waals surface area (Å²) in [5.74, 6) is 0.751. The fraction of sp³-hybridized carbons (Fsp3) is 0.917. The zero-order valence-electron chi connectivity index (χ0n) is 10.5. The van der Waals surface area contributed by atoms with Gasteiger partial charge in [0.2, 0.25) is 0 Å².